The Morgan fingerprint density at radius 2 is 1.72 bits per heavy atom. The molecule has 0 radical (unpaired) electrons. The lowest BCUT2D eigenvalue weighted by Crippen LogP contribution is -2.49. The van der Waals surface area contributed by atoms with Crippen LogP contribution in [0.15, 0.2) is 36.4 Å². The van der Waals surface area contributed by atoms with Crippen LogP contribution in [0, 0.1) is 6.92 Å². The molecular formula is C25H32Cl3N3O4S. The molecule has 0 unspecified atom stereocenters. The lowest BCUT2D eigenvalue weighted by molar-refractivity contribution is -0.141. The monoisotopic (exact) mass is 575 g/mol. The van der Waals surface area contributed by atoms with Gasteiger partial charge in [-0.15, -0.1) is 0 Å². The van der Waals surface area contributed by atoms with Crippen molar-refractivity contribution in [1.29, 1.82) is 0 Å². The first-order valence-corrected chi connectivity index (χ1v) is 14.6. The van der Waals surface area contributed by atoms with E-state index in [9.17, 15) is 18.0 Å². The number of likely N-dealkylation sites (N-methyl/N-ethyl adjacent to an activating group) is 1. The van der Waals surface area contributed by atoms with E-state index in [1.807, 2.05) is 13.8 Å². The zero-order valence-electron chi connectivity index (χ0n) is 20.9. The molecule has 2 rings (SSSR count). The zero-order valence-corrected chi connectivity index (χ0v) is 23.9. The molecule has 0 aliphatic heterocycles. The maximum atomic E-state index is 13.4. The average molecular weight is 577 g/mol. The first-order chi connectivity index (χ1) is 16.9. The van der Waals surface area contributed by atoms with Crippen molar-refractivity contribution in [2.24, 2.45) is 0 Å². The summed E-state index contributed by atoms with van der Waals surface area (Å²) in [6.07, 6.45) is 1.83. The predicted molar refractivity (Wildman–Crippen MR) is 147 cm³/mol. The molecule has 0 saturated heterocycles. The van der Waals surface area contributed by atoms with Crippen molar-refractivity contribution in [3.8, 4) is 0 Å². The molecule has 2 amide bonds. The highest BCUT2D eigenvalue weighted by atomic mass is 35.5. The average Bonchev–Trinajstić information content (AvgIpc) is 2.80. The van der Waals surface area contributed by atoms with Gasteiger partial charge in [-0.3, -0.25) is 13.9 Å². The number of hydrogen-bond donors (Lipinski definition) is 1. The summed E-state index contributed by atoms with van der Waals surface area (Å²) < 4.78 is 26.3. The second-order valence-corrected chi connectivity index (χ2v) is 11.5. The summed E-state index contributed by atoms with van der Waals surface area (Å²) in [7, 11) is -3.62. The van der Waals surface area contributed by atoms with Gasteiger partial charge in [-0.2, -0.15) is 0 Å². The van der Waals surface area contributed by atoms with Crippen LogP contribution in [-0.2, 0) is 26.2 Å². The standard InChI is InChI=1S/C25H32Cl3N3O4S/c1-5-22(25(33)29-6-2)30(16-18-12-13-20(27)21(28)15-18)24(32)11-8-14-31(36(4,34)35)23-10-7-9-19(26)17(23)3/h7,9-10,12-13,15,22H,5-6,8,11,14,16H2,1-4H3,(H,29,33)/t22-/m1/s1. The van der Waals surface area contributed by atoms with Gasteiger partial charge < -0.3 is 10.2 Å². The van der Waals surface area contributed by atoms with Gasteiger partial charge in [0.15, 0.2) is 0 Å². The third-order valence-corrected chi connectivity index (χ3v) is 8.06. The highest BCUT2D eigenvalue weighted by Crippen LogP contribution is 2.29. The Hall–Kier alpha value is -2.00. The van der Waals surface area contributed by atoms with Crippen LogP contribution in [0.4, 0.5) is 5.69 Å². The SMILES string of the molecule is CCNC(=O)[C@@H](CC)N(Cc1ccc(Cl)c(Cl)c1)C(=O)CCCN(c1cccc(Cl)c1C)S(C)(=O)=O. The lowest BCUT2D eigenvalue weighted by Gasteiger charge is -2.31. The molecule has 1 N–H and O–H groups in total. The summed E-state index contributed by atoms with van der Waals surface area (Å²) in [6.45, 7) is 6.08. The number of sulfonamides is 1. The maximum Gasteiger partial charge on any atom is 0.242 e. The number of nitrogens with one attached hydrogen (secondary N) is 1. The summed E-state index contributed by atoms with van der Waals surface area (Å²) in [5.74, 6) is -0.517. The van der Waals surface area contributed by atoms with Crippen molar-refractivity contribution < 1.29 is 18.0 Å². The fraction of sp³-hybridized carbons (Fsp3) is 0.440. The highest BCUT2D eigenvalue weighted by Gasteiger charge is 2.29. The molecule has 2 aromatic rings. The van der Waals surface area contributed by atoms with Crippen LogP contribution in [0.2, 0.25) is 15.1 Å². The number of amides is 2. The molecule has 0 saturated carbocycles. The van der Waals surface area contributed by atoms with Gasteiger partial charge >= 0.3 is 0 Å². The van der Waals surface area contributed by atoms with Gasteiger partial charge in [-0.05, 0) is 62.1 Å². The molecule has 36 heavy (non-hydrogen) atoms. The number of carbonyl (C=O) groups is 2. The fourth-order valence-electron chi connectivity index (χ4n) is 3.89. The van der Waals surface area contributed by atoms with Crippen molar-refractivity contribution in [2.45, 2.75) is 52.6 Å². The van der Waals surface area contributed by atoms with Crippen molar-refractivity contribution >= 4 is 62.3 Å². The summed E-state index contributed by atoms with van der Waals surface area (Å²) >= 11 is 18.4. The van der Waals surface area contributed by atoms with E-state index in [-0.39, 0.29) is 37.7 Å². The van der Waals surface area contributed by atoms with Gasteiger partial charge in [0.1, 0.15) is 6.04 Å². The molecule has 1 atom stereocenters. The molecule has 2 aromatic carbocycles. The number of carbonyl (C=O) groups excluding carboxylic acids is 2. The molecule has 0 heterocycles. The first-order valence-electron chi connectivity index (χ1n) is 11.6. The molecule has 7 nitrogen and oxygen atoms in total. The normalized spacial score (nSPS) is 12.2. The highest BCUT2D eigenvalue weighted by molar-refractivity contribution is 7.92. The second kappa shape index (κ2) is 13.5. The van der Waals surface area contributed by atoms with E-state index in [4.69, 9.17) is 34.8 Å². The first kappa shape index (κ1) is 30.2. The van der Waals surface area contributed by atoms with Crippen LogP contribution < -0.4 is 9.62 Å². The zero-order chi connectivity index (χ0) is 27.0. The van der Waals surface area contributed by atoms with E-state index in [1.165, 1.54) is 9.21 Å². The Balaban J connectivity index is 2.26. The molecule has 0 aromatic heterocycles. The predicted octanol–water partition coefficient (Wildman–Crippen LogP) is 5.44. The Morgan fingerprint density at radius 1 is 1.03 bits per heavy atom. The van der Waals surface area contributed by atoms with Gasteiger partial charge in [0, 0.05) is 31.1 Å². The molecule has 0 aliphatic carbocycles. The Kier molecular flexibility index (Phi) is 11.3. The minimum Gasteiger partial charge on any atom is -0.355 e. The van der Waals surface area contributed by atoms with E-state index in [0.717, 1.165) is 11.8 Å². The van der Waals surface area contributed by atoms with E-state index >= 15 is 0 Å². The molecular weight excluding hydrogens is 545 g/mol. The van der Waals surface area contributed by atoms with Crippen LogP contribution in [0.25, 0.3) is 0 Å². The van der Waals surface area contributed by atoms with E-state index in [1.54, 1.807) is 43.3 Å². The Labute approximate surface area is 228 Å². The van der Waals surface area contributed by atoms with E-state index in [0.29, 0.717) is 39.3 Å². The van der Waals surface area contributed by atoms with Gasteiger partial charge in [0.25, 0.3) is 0 Å². The lowest BCUT2D eigenvalue weighted by atomic mass is 10.1. The topological polar surface area (TPSA) is 86.8 Å². The minimum absolute atomic E-state index is 0.0445. The third kappa shape index (κ3) is 8.00. The largest absolute Gasteiger partial charge is 0.355 e. The molecule has 0 bridgehead atoms. The number of halogens is 3. The van der Waals surface area contributed by atoms with Gasteiger partial charge in [0.05, 0.1) is 22.0 Å². The van der Waals surface area contributed by atoms with Crippen LogP contribution in [0.3, 0.4) is 0 Å². The van der Waals surface area contributed by atoms with Crippen molar-refractivity contribution in [3.63, 3.8) is 0 Å². The number of anilines is 1. The Morgan fingerprint density at radius 3 is 2.31 bits per heavy atom. The van der Waals surface area contributed by atoms with E-state index in [2.05, 4.69) is 5.32 Å². The maximum absolute atomic E-state index is 13.4. The van der Waals surface area contributed by atoms with Crippen LogP contribution in [-0.4, -0.2) is 50.5 Å². The Bertz CT molecular complexity index is 1190. The summed E-state index contributed by atoms with van der Waals surface area (Å²) in [5.41, 5.74) is 1.84. The van der Waals surface area contributed by atoms with Crippen molar-refractivity contribution in [1.82, 2.24) is 10.2 Å². The van der Waals surface area contributed by atoms with Crippen LogP contribution >= 0.6 is 34.8 Å². The summed E-state index contributed by atoms with van der Waals surface area (Å²) in [5, 5.41) is 3.99. The summed E-state index contributed by atoms with van der Waals surface area (Å²) in [4.78, 5) is 27.7. The van der Waals surface area contributed by atoms with E-state index < -0.39 is 16.1 Å². The third-order valence-electron chi connectivity index (χ3n) is 5.73. The van der Waals surface area contributed by atoms with Gasteiger partial charge in [-0.1, -0.05) is 53.9 Å². The number of nitrogens with zero attached hydrogens (tertiary/aromatic N) is 2. The molecule has 0 spiro atoms. The van der Waals surface area contributed by atoms with Crippen LogP contribution in [0.5, 0.6) is 0 Å². The minimum atomic E-state index is -3.62. The molecule has 198 valence electrons. The van der Waals surface area contributed by atoms with Gasteiger partial charge in [0.2, 0.25) is 21.8 Å². The fourth-order valence-corrected chi connectivity index (χ4v) is 5.40. The number of rotatable bonds is 12. The van der Waals surface area contributed by atoms with Crippen LogP contribution in [0.1, 0.15) is 44.2 Å². The van der Waals surface area contributed by atoms with Crippen molar-refractivity contribution in [2.75, 3.05) is 23.7 Å². The molecule has 0 fully saturated rings. The number of hydrogen-bond acceptors (Lipinski definition) is 4. The molecule has 11 heteroatoms. The molecule has 0 aliphatic rings. The van der Waals surface area contributed by atoms with Gasteiger partial charge in [-0.25, -0.2) is 8.42 Å². The second-order valence-electron chi connectivity index (χ2n) is 8.41. The quantitative estimate of drug-likeness (QED) is 0.364. The van der Waals surface area contributed by atoms with Crippen molar-refractivity contribution in [3.05, 3.63) is 62.6 Å². The summed E-state index contributed by atoms with van der Waals surface area (Å²) in [6, 6.07) is 9.44. The smallest absolute Gasteiger partial charge is 0.242 e. The number of benzene rings is 2.